The van der Waals surface area contributed by atoms with Crippen LogP contribution in [0.4, 0.5) is 0 Å². The Balaban J connectivity index is 0.00000121. The van der Waals surface area contributed by atoms with Gasteiger partial charge in [0.1, 0.15) is 6.07 Å². The van der Waals surface area contributed by atoms with E-state index in [1.807, 2.05) is 0 Å². The number of hydrogen-bond acceptors (Lipinski definition) is 5. The molecule has 0 atom stereocenters. The minimum absolute atomic E-state index is 0. The first-order valence-corrected chi connectivity index (χ1v) is 3.76. The average molecular weight is 190 g/mol. The molecule has 0 aliphatic carbocycles. The van der Waals surface area contributed by atoms with Gasteiger partial charge in [-0.3, -0.25) is 4.98 Å². The molecular formula is C6H3N2NaO2S. The van der Waals surface area contributed by atoms with E-state index in [0.717, 1.165) is 0 Å². The molecule has 1 aromatic heterocycles. The van der Waals surface area contributed by atoms with Gasteiger partial charge >= 0.3 is 29.6 Å². The second kappa shape index (κ2) is 5.27. The van der Waals surface area contributed by atoms with Crippen LogP contribution in [-0.4, -0.2) is 4.98 Å². The van der Waals surface area contributed by atoms with Crippen LogP contribution >= 0.6 is 0 Å². The quantitative estimate of drug-likeness (QED) is 0.366. The zero-order chi connectivity index (χ0) is 8.27. The Morgan fingerprint density at radius 2 is 2.08 bits per heavy atom. The summed E-state index contributed by atoms with van der Waals surface area (Å²) >= 11 is 0. The third kappa shape index (κ3) is 2.91. The topological polar surface area (TPSA) is 70.8 Å². The summed E-state index contributed by atoms with van der Waals surface area (Å²) in [6.45, 7) is 0. The second-order valence-electron chi connectivity index (χ2n) is 1.76. The zero-order valence-electron chi connectivity index (χ0n) is 6.35. The first kappa shape index (κ1) is 11.6. The summed E-state index contributed by atoms with van der Waals surface area (Å²) in [6.07, 6.45) is 2.49. The molecule has 6 heteroatoms. The van der Waals surface area contributed by atoms with Crippen LogP contribution in [0.25, 0.3) is 0 Å². The van der Waals surface area contributed by atoms with Crippen molar-refractivity contribution < 1.29 is 38.0 Å². The molecule has 0 aliphatic rings. The largest absolute Gasteiger partial charge is 1.00 e. The van der Waals surface area contributed by atoms with E-state index in [9.17, 15) is 8.42 Å². The van der Waals surface area contributed by atoms with Gasteiger partial charge in [-0.1, -0.05) is 11.0 Å². The molecule has 0 saturated carbocycles. The van der Waals surface area contributed by atoms with Gasteiger partial charge in [0, 0.05) is 12.4 Å². The first-order valence-electron chi connectivity index (χ1n) is 2.68. The Morgan fingerprint density at radius 1 is 1.42 bits per heavy atom. The Hall–Kier alpha value is -0.410. The van der Waals surface area contributed by atoms with E-state index >= 15 is 0 Å². The van der Waals surface area contributed by atoms with Crippen LogP contribution in [-0.2, 0) is 19.1 Å². The summed E-state index contributed by atoms with van der Waals surface area (Å²) in [6, 6.07) is 3.05. The predicted octanol–water partition coefficient (Wildman–Crippen LogP) is -2.37. The first-order chi connectivity index (χ1) is 5.24. The molecule has 4 nitrogen and oxygen atoms in total. The van der Waals surface area contributed by atoms with Crippen molar-refractivity contribution in [1.29, 1.82) is 5.26 Å². The molecule has 0 aliphatic heterocycles. The third-order valence-corrected chi connectivity index (χ3v) is 1.64. The molecule has 56 valence electrons. The van der Waals surface area contributed by atoms with Gasteiger partial charge in [-0.25, -0.2) is 0 Å². The van der Waals surface area contributed by atoms with Gasteiger partial charge in [0.15, 0.2) is 0 Å². The van der Waals surface area contributed by atoms with E-state index in [4.69, 9.17) is 5.26 Å². The van der Waals surface area contributed by atoms with E-state index in [-0.39, 0.29) is 40.0 Å². The summed E-state index contributed by atoms with van der Waals surface area (Å²) < 4.78 is 20.6. The molecule has 0 bridgehead atoms. The molecule has 0 N–H and O–H groups in total. The molecule has 1 heterocycles. The summed E-state index contributed by atoms with van der Waals surface area (Å²) in [5.74, 6) is 0. The molecule has 1 rings (SSSR count). The predicted molar refractivity (Wildman–Crippen MR) is 36.0 cm³/mol. The van der Waals surface area contributed by atoms with Gasteiger partial charge in [-0.2, -0.15) is 5.26 Å². The summed E-state index contributed by atoms with van der Waals surface area (Å²) in [5.41, 5.74) is 0.242. The molecule has 0 fully saturated rings. The SMILES string of the molecule is N#Cc1cncc([S-](=O)=O)c1.[Na+]. The third-order valence-electron chi connectivity index (χ3n) is 1.03. The van der Waals surface area contributed by atoms with Gasteiger partial charge in [0.25, 0.3) is 0 Å². The Morgan fingerprint density at radius 3 is 2.58 bits per heavy atom. The van der Waals surface area contributed by atoms with Crippen molar-refractivity contribution in [1.82, 2.24) is 4.98 Å². The van der Waals surface area contributed by atoms with Crippen LogP contribution in [0.2, 0.25) is 0 Å². The molecule has 0 saturated heterocycles. The van der Waals surface area contributed by atoms with Crippen LogP contribution < -0.4 is 29.6 Å². The van der Waals surface area contributed by atoms with Crippen LogP contribution in [0.1, 0.15) is 5.56 Å². The minimum atomic E-state index is -2.30. The van der Waals surface area contributed by atoms with Crippen molar-refractivity contribution in [3.8, 4) is 6.07 Å². The van der Waals surface area contributed by atoms with Gasteiger partial charge in [0.2, 0.25) is 0 Å². The number of rotatable bonds is 1. The maximum atomic E-state index is 10.3. The number of nitriles is 1. The number of pyridine rings is 1. The molecule has 0 radical (unpaired) electrons. The molecule has 1 aromatic rings. The van der Waals surface area contributed by atoms with Gasteiger partial charge < -0.3 is 8.42 Å². The maximum Gasteiger partial charge on any atom is 1.00 e. The van der Waals surface area contributed by atoms with Gasteiger partial charge in [-0.15, -0.1) is 0 Å². The van der Waals surface area contributed by atoms with Crippen molar-refractivity contribution in [3.63, 3.8) is 0 Å². The van der Waals surface area contributed by atoms with E-state index in [2.05, 4.69) is 4.98 Å². The fourth-order valence-electron chi connectivity index (χ4n) is 0.571. The zero-order valence-corrected chi connectivity index (χ0v) is 9.17. The van der Waals surface area contributed by atoms with Gasteiger partial charge in [0.05, 0.1) is 5.56 Å². The summed E-state index contributed by atoms with van der Waals surface area (Å²) in [4.78, 5) is 3.59. The molecule has 0 unspecified atom stereocenters. The minimum Gasteiger partial charge on any atom is -0.420 e. The number of aromatic nitrogens is 1. The van der Waals surface area contributed by atoms with Crippen LogP contribution in [0.15, 0.2) is 23.4 Å². The van der Waals surface area contributed by atoms with Crippen molar-refractivity contribution in [2.45, 2.75) is 4.90 Å². The van der Waals surface area contributed by atoms with E-state index in [0.29, 0.717) is 0 Å². The van der Waals surface area contributed by atoms with Crippen LogP contribution in [0.5, 0.6) is 0 Å². The Labute approximate surface area is 93.5 Å². The van der Waals surface area contributed by atoms with Crippen molar-refractivity contribution in [2.24, 2.45) is 0 Å². The van der Waals surface area contributed by atoms with Gasteiger partial charge in [-0.05, 0) is 10.7 Å². The monoisotopic (exact) mass is 190 g/mol. The fourth-order valence-corrected chi connectivity index (χ4v) is 0.941. The summed E-state index contributed by atoms with van der Waals surface area (Å²) in [7, 11) is -2.30. The number of hydrogen-bond donors (Lipinski definition) is 0. The second-order valence-corrected chi connectivity index (χ2v) is 2.70. The van der Waals surface area contributed by atoms with Crippen LogP contribution in [0, 0.1) is 11.3 Å². The molecule has 0 spiro atoms. The van der Waals surface area contributed by atoms with E-state index < -0.39 is 10.7 Å². The van der Waals surface area contributed by atoms with Crippen molar-refractivity contribution in [3.05, 3.63) is 24.0 Å². The standard InChI is InChI=1S/C6H3N2O2S.Na/c7-2-5-1-6(11(9)10)4-8-3-5;/h1,3-4H;/q-1;+1. The molecule has 0 amide bonds. The normalized spacial score (nSPS) is 8.67. The molecule has 0 aromatic carbocycles. The Kier molecular flexibility index (Phi) is 5.09. The van der Waals surface area contributed by atoms with E-state index in [1.165, 1.54) is 18.5 Å². The van der Waals surface area contributed by atoms with Crippen molar-refractivity contribution >= 4 is 10.7 Å². The molecular weight excluding hydrogens is 187 g/mol. The maximum absolute atomic E-state index is 10.3. The average Bonchev–Trinajstić information content (AvgIpc) is 2.05. The Bertz CT molecular complexity index is 375. The fraction of sp³-hybridized carbons (Fsp3) is 0. The summed E-state index contributed by atoms with van der Waals surface area (Å²) in [5, 5.41) is 8.35. The molecule has 12 heavy (non-hydrogen) atoms. The smallest absolute Gasteiger partial charge is 0.420 e. The number of nitrogens with zero attached hydrogens (tertiary/aromatic N) is 2. The van der Waals surface area contributed by atoms with Crippen LogP contribution in [0.3, 0.4) is 0 Å². The van der Waals surface area contributed by atoms with Crippen molar-refractivity contribution in [2.75, 3.05) is 0 Å². The van der Waals surface area contributed by atoms with E-state index in [1.54, 1.807) is 6.07 Å².